The van der Waals surface area contributed by atoms with Crippen molar-refractivity contribution in [1.29, 1.82) is 0 Å². The number of nitrogens with zero attached hydrogens (tertiary/aromatic N) is 3. The van der Waals surface area contributed by atoms with E-state index in [2.05, 4.69) is 36.1 Å². The molecule has 4 heterocycles. The van der Waals surface area contributed by atoms with E-state index in [1.807, 2.05) is 38.1 Å². The molecule has 53 heavy (non-hydrogen) atoms. The third-order valence-corrected chi connectivity index (χ3v) is 12.2. The van der Waals surface area contributed by atoms with Gasteiger partial charge in [0.15, 0.2) is 0 Å². The standard InChI is InChI=1S/C19H16N2O3S.C16H17NO3S.C5H4BrN/c22-25(23,16-4-2-1-3-5-16)17-6-7-18-19(14-17)24-13-12-21(18)15-8-10-20-11-9-15;1-16(2)11-17-14-9-8-13(10-15(14)20-16)21(18,19)12-6-4-3-5-7-12;6-5-1-3-7-4-2-5/h1-11,14H,12-13H2;3-10,17H,11H2,1-2H3;1-4H. The highest BCUT2D eigenvalue weighted by Crippen LogP contribution is 2.39. The zero-order valence-electron chi connectivity index (χ0n) is 29.0. The van der Waals surface area contributed by atoms with E-state index in [-0.39, 0.29) is 25.2 Å². The van der Waals surface area contributed by atoms with Crippen molar-refractivity contribution >= 4 is 52.7 Å². The van der Waals surface area contributed by atoms with Crippen molar-refractivity contribution in [2.24, 2.45) is 0 Å². The number of aromatic nitrogens is 2. The normalized spacial score (nSPS) is 14.2. The zero-order chi connectivity index (χ0) is 37.5. The van der Waals surface area contributed by atoms with Crippen molar-refractivity contribution in [1.82, 2.24) is 9.97 Å². The highest BCUT2D eigenvalue weighted by atomic mass is 79.9. The van der Waals surface area contributed by atoms with Gasteiger partial charge in [0.25, 0.3) is 0 Å². The molecule has 2 aliphatic rings. The van der Waals surface area contributed by atoms with Gasteiger partial charge in [0, 0.05) is 47.1 Å². The number of anilines is 3. The van der Waals surface area contributed by atoms with Crippen molar-refractivity contribution in [2.75, 3.05) is 29.9 Å². The first-order valence-electron chi connectivity index (χ1n) is 16.6. The van der Waals surface area contributed by atoms with E-state index in [4.69, 9.17) is 9.47 Å². The first kappa shape index (κ1) is 37.5. The molecule has 0 unspecified atom stereocenters. The molecule has 13 heteroatoms. The minimum atomic E-state index is -3.56. The average molecular weight is 814 g/mol. The second-order valence-electron chi connectivity index (χ2n) is 12.5. The lowest BCUT2D eigenvalue weighted by Gasteiger charge is -2.33. The fraction of sp³-hybridized carbons (Fsp3) is 0.150. The fourth-order valence-electron chi connectivity index (χ4n) is 5.51. The van der Waals surface area contributed by atoms with Gasteiger partial charge < -0.3 is 19.7 Å². The smallest absolute Gasteiger partial charge is 0.206 e. The Bertz CT molecular complexity index is 2370. The van der Waals surface area contributed by atoms with Gasteiger partial charge in [0.2, 0.25) is 19.7 Å². The number of sulfone groups is 2. The molecule has 0 fully saturated rings. The van der Waals surface area contributed by atoms with Gasteiger partial charge in [-0.25, -0.2) is 16.8 Å². The van der Waals surface area contributed by atoms with Gasteiger partial charge in [-0.3, -0.25) is 9.97 Å². The summed E-state index contributed by atoms with van der Waals surface area (Å²) in [6, 6.07) is 34.4. The van der Waals surface area contributed by atoms with E-state index < -0.39 is 19.7 Å². The number of pyridine rings is 2. The summed E-state index contributed by atoms with van der Waals surface area (Å²) >= 11 is 3.27. The Morgan fingerprint density at radius 2 is 1.19 bits per heavy atom. The van der Waals surface area contributed by atoms with Gasteiger partial charge in [-0.1, -0.05) is 52.3 Å². The molecule has 2 aliphatic heterocycles. The van der Waals surface area contributed by atoms with Crippen LogP contribution in [0.15, 0.2) is 170 Å². The Hall–Kier alpha value is -5.24. The Labute approximate surface area is 318 Å². The molecule has 6 aromatic rings. The highest BCUT2D eigenvalue weighted by molar-refractivity contribution is 9.10. The number of hydrogen-bond donors (Lipinski definition) is 1. The van der Waals surface area contributed by atoms with Crippen LogP contribution < -0.4 is 19.7 Å². The maximum absolute atomic E-state index is 12.8. The Morgan fingerprint density at radius 3 is 1.74 bits per heavy atom. The van der Waals surface area contributed by atoms with E-state index in [0.29, 0.717) is 31.2 Å². The molecule has 8 rings (SSSR count). The van der Waals surface area contributed by atoms with Crippen molar-refractivity contribution in [3.8, 4) is 11.5 Å². The fourth-order valence-corrected chi connectivity index (χ4v) is 8.34. The molecule has 0 aliphatic carbocycles. The minimum absolute atomic E-state index is 0.231. The lowest BCUT2D eigenvalue weighted by Crippen LogP contribution is -2.40. The lowest BCUT2D eigenvalue weighted by atomic mass is 10.1. The number of nitrogens with one attached hydrogen (secondary N) is 1. The van der Waals surface area contributed by atoms with Crippen LogP contribution in [0.5, 0.6) is 11.5 Å². The van der Waals surface area contributed by atoms with Crippen LogP contribution in [0.4, 0.5) is 17.1 Å². The third kappa shape index (κ3) is 9.05. The molecule has 0 saturated carbocycles. The maximum atomic E-state index is 12.8. The minimum Gasteiger partial charge on any atom is -0.489 e. The van der Waals surface area contributed by atoms with Gasteiger partial charge in [0.05, 0.1) is 44.0 Å². The number of hydrogen-bond acceptors (Lipinski definition) is 10. The second-order valence-corrected chi connectivity index (χ2v) is 17.3. The van der Waals surface area contributed by atoms with Crippen LogP contribution in [0.2, 0.25) is 0 Å². The van der Waals surface area contributed by atoms with Crippen LogP contribution in [0.1, 0.15) is 13.8 Å². The van der Waals surface area contributed by atoms with E-state index >= 15 is 0 Å². The largest absolute Gasteiger partial charge is 0.489 e. The van der Waals surface area contributed by atoms with Crippen molar-refractivity contribution < 1.29 is 26.3 Å². The first-order chi connectivity index (χ1) is 25.4. The van der Waals surface area contributed by atoms with Crippen LogP contribution in [-0.4, -0.2) is 52.1 Å². The van der Waals surface area contributed by atoms with Gasteiger partial charge in [-0.15, -0.1) is 0 Å². The SMILES string of the molecule is Brc1ccncc1.CC1(C)CNc2ccc(S(=O)(=O)c3ccccc3)cc2O1.O=S(=O)(c1ccccc1)c1ccc2c(c1)OCCN2c1ccncc1. The van der Waals surface area contributed by atoms with Crippen LogP contribution in [-0.2, 0) is 19.7 Å². The van der Waals surface area contributed by atoms with E-state index in [9.17, 15) is 16.8 Å². The molecule has 4 aromatic carbocycles. The number of rotatable bonds is 5. The number of halogens is 1. The number of benzene rings is 4. The summed E-state index contributed by atoms with van der Waals surface area (Å²) < 4.78 is 63.5. The number of fused-ring (bicyclic) bond motifs is 2. The summed E-state index contributed by atoms with van der Waals surface area (Å²) in [5.74, 6) is 1.14. The molecule has 0 atom stereocenters. The summed E-state index contributed by atoms with van der Waals surface area (Å²) in [7, 11) is -7.08. The van der Waals surface area contributed by atoms with Gasteiger partial charge in [-0.05, 0) is 86.6 Å². The molecule has 0 bridgehead atoms. The summed E-state index contributed by atoms with van der Waals surface area (Å²) in [5.41, 5.74) is 2.31. The maximum Gasteiger partial charge on any atom is 0.206 e. The molecule has 0 spiro atoms. The van der Waals surface area contributed by atoms with Crippen LogP contribution in [0.3, 0.4) is 0 Å². The Balaban J connectivity index is 0.000000155. The average Bonchev–Trinajstić information content (AvgIpc) is 3.18. The molecule has 2 aromatic heterocycles. The summed E-state index contributed by atoms with van der Waals surface area (Å²) in [6.45, 7) is 5.79. The molecular weight excluding hydrogens is 776 g/mol. The Morgan fingerprint density at radius 1 is 0.660 bits per heavy atom. The van der Waals surface area contributed by atoms with Crippen LogP contribution in [0, 0.1) is 0 Å². The summed E-state index contributed by atoms with van der Waals surface area (Å²) in [4.78, 5) is 11.0. The molecule has 1 N–H and O–H groups in total. The topological polar surface area (TPSA) is 128 Å². The van der Waals surface area contributed by atoms with Crippen molar-refractivity contribution in [3.05, 3.63) is 151 Å². The summed E-state index contributed by atoms with van der Waals surface area (Å²) in [6.07, 6.45) is 6.95. The van der Waals surface area contributed by atoms with Crippen molar-refractivity contribution in [3.63, 3.8) is 0 Å². The molecular formula is C40H37BrN4O6S2. The van der Waals surface area contributed by atoms with E-state index in [1.54, 1.807) is 122 Å². The molecule has 0 amide bonds. The van der Waals surface area contributed by atoms with E-state index in [1.165, 1.54) is 0 Å². The summed E-state index contributed by atoms with van der Waals surface area (Å²) in [5, 5.41) is 3.25. The molecule has 10 nitrogen and oxygen atoms in total. The van der Waals surface area contributed by atoms with Crippen LogP contribution in [0.25, 0.3) is 0 Å². The molecule has 0 saturated heterocycles. The monoisotopic (exact) mass is 812 g/mol. The van der Waals surface area contributed by atoms with E-state index in [0.717, 1.165) is 21.5 Å². The Kier molecular flexibility index (Phi) is 11.5. The van der Waals surface area contributed by atoms with Crippen molar-refractivity contribution in [2.45, 2.75) is 39.0 Å². The lowest BCUT2D eigenvalue weighted by molar-refractivity contribution is 0.116. The number of ether oxygens (including phenoxy) is 2. The predicted molar refractivity (Wildman–Crippen MR) is 209 cm³/mol. The molecule has 0 radical (unpaired) electrons. The first-order valence-corrected chi connectivity index (χ1v) is 20.4. The zero-order valence-corrected chi connectivity index (χ0v) is 32.2. The molecule has 272 valence electrons. The quantitative estimate of drug-likeness (QED) is 0.181. The van der Waals surface area contributed by atoms with Gasteiger partial charge in [0.1, 0.15) is 23.7 Å². The van der Waals surface area contributed by atoms with Gasteiger partial charge >= 0.3 is 0 Å². The van der Waals surface area contributed by atoms with Crippen LogP contribution >= 0.6 is 15.9 Å². The highest BCUT2D eigenvalue weighted by Gasteiger charge is 2.28. The van der Waals surface area contributed by atoms with Gasteiger partial charge in [-0.2, -0.15) is 0 Å². The second kappa shape index (κ2) is 16.2. The third-order valence-electron chi connectivity index (χ3n) is 8.18. The predicted octanol–water partition coefficient (Wildman–Crippen LogP) is 8.39.